The van der Waals surface area contributed by atoms with E-state index in [0.29, 0.717) is 5.15 Å². The Balaban J connectivity index is 2.26. The standard InChI is InChI=1S/C9H8BrClN4/c10-6-5-15-7(11)4-12-8(15)9(13-6)14-2-1-3-14/h4-5H,1-3H2. The zero-order valence-corrected chi connectivity index (χ0v) is 10.2. The van der Waals surface area contributed by atoms with E-state index in [9.17, 15) is 0 Å². The fourth-order valence-electron chi connectivity index (χ4n) is 1.65. The van der Waals surface area contributed by atoms with Crippen molar-refractivity contribution in [2.75, 3.05) is 18.0 Å². The number of anilines is 1. The summed E-state index contributed by atoms with van der Waals surface area (Å²) >= 11 is 9.39. The van der Waals surface area contributed by atoms with Crippen LogP contribution in [0.2, 0.25) is 5.15 Å². The average Bonchev–Trinajstić information content (AvgIpc) is 2.45. The third-order valence-electron chi connectivity index (χ3n) is 2.56. The summed E-state index contributed by atoms with van der Waals surface area (Å²) < 4.78 is 2.61. The van der Waals surface area contributed by atoms with Crippen molar-refractivity contribution in [3.63, 3.8) is 0 Å². The molecular formula is C9H8BrClN4. The summed E-state index contributed by atoms with van der Waals surface area (Å²) in [4.78, 5) is 10.9. The van der Waals surface area contributed by atoms with Gasteiger partial charge in [0.2, 0.25) is 0 Å². The van der Waals surface area contributed by atoms with Crippen LogP contribution in [0, 0.1) is 0 Å². The lowest BCUT2D eigenvalue weighted by Crippen LogP contribution is -2.38. The molecule has 6 heteroatoms. The molecule has 1 aliphatic rings. The zero-order valence-electron chi connectivity index (χ0n) is 7.82. The second kappa shape index (κ2) is 3.35. The second-order valence-corrected chi connectivity index (χ2v) is 4.70. The summed E-state index contributed by atoms with van der Waals surface area (Å²) in [5.41, 5.74) is 0.822. The first-order valence-corrected chi connectivity index (χ1v) is 5.87. The molecule has 0 unspecified atom stereocenters. The van der Waals surface area contributed by atoms with Gasteiger partial charge in [0.1, 0.15) is 9.76 Å². The fourth-order valence-corrected chi connectivity index (χ4v) is 2.21. The number of hydrogen-bond acceptors (Lipinski definition) is 3. The van der Waals surface area contributed by atoms with Crippen molar-refractivity contribution in [3.8, 4) is 0 Å². The molecule has 4 nitrogen and oxygen atoms in total. The van der Waals surface area contributed by atoms with Gasteiger partial charge in [-0.15, -0.1) is 0 Å². The van der Waals surface area contributed by atoms with E-state index in [4.69, 9.17) is 11.6 Å². The summed E-state index contributed by atoms with van der Waals surface area (Å²) in [5.74, 6) is 0.905. The minimum atomic E-state index is 0.606. The maximum atomic E-state index is 6.02. The molecule has 0 radical (unpaired) electrons. The molecule has 15 heavy (non-hydrogen) atoms. The Kier molecular flexibility index (Phi) is 2.10. The van der Waals surface area contributed by atoms with Crippen LogP contribution in [0.1, 0.15) is 6.42 Å². The van der Waals surface area contributed by atoms with E-state index in [1.807, 2.05) is 10.6 Å². The van der Waals surface area contributed by atoms with Gasteiger partial charge < -0.3 is 4.90 Å². The molecule has 0 spiro atoms. The Bertz CT molecular complexity index is 520. The van der Waals surface area contributed by atoms with E-state index in [1.54, 1.807) is 6.20 Å². The highest BCUT2D eigenvalue weighted by atomic mass is 79.9. The number of nitrogens with zero attached hydrogens (tertiary/aromatic N) is 4. The maximum absolute atomic E-state index is 6.02. The number of fused-ring (bicyclic) bond motifs is 1. The van der Waals surface area contributed by atoms with Crippen LogP contribution in [0.25, 0.3) is 5.65 Å². The van der Waals surface area contributed by atoms with Crippen molar-refractivity contribution in [2.24, 2.45) is 0 Å². The predicted octanol–water partition coefficient (Wildman–Crippen LogP) is 2.36. The van der Waals surface area contributed by atoms with Crippen LogP contribution in [0.5, 0.6) is 0 Å². The topological polar surface area (TPSA) is 33.4 Å². The fraction of sp³-hybridized carbons (Fsp3) is 0.333. The van der Waals surface area contributed by atoms with Crippen molar-refractivity contribution >= 4 is 39.0 Å². The number of imidazole rings is 1. The summed E-state index contributed by atoms with van der Waals surface area (Å²) in [7, 11) is 0. The molecule has 3 heterocycles. The minimum absolute atomic E-state index is 0.606. The zero-order chi connectivity index (χ0) is 10.4. The summed E-state index contributed by atoms with van der Waals surface area (Å²) in [6, 6.07) is 0. The molecule has 78 valence electrons. The molecule has 0 bridgehead atoms. The van der Waals surface area contributed by atoms with Crippen molar-refractivity contribution in [3.05, 3.63) is 22.1 Å². The van der Waals surface area contributed by atoms with Gasteiger partial charge in [0, 0.05) is 19.3 Å². The molecule has 0 aromatic carbocycles. The van der Waals surface area contributed by atoms with E-state index in [1.165, 1.54) is 6.42 Å². The molecule has 0 amide bonds. The maximum Gasteiger partial charge on any atom is 0.181 e. The van der Waals surface area contributed by atoms with Gasteiger partial charge in [-0.05, 0) is 22.4 Å². The van der Waals surface area contributed by atoms with Gasteiger partial charge in [-0.3, -0.25) is 4.40 Å². The van der Waals surface area contributed by atoms with E-state index >= 15 is 0 Å². The molecule has 2 aromatic rings. The summed E-state index contributed by atoms with van der Waals surface area (Å²) in [6.07, 6.45) is 4.69. The van der Waals surface area contributed by atoms with Gasteiger partial charge in [-0.2, -0.15) is 0 Å². The Morgan fingerprint density at radius 1 is 1.40 bits per heavy atom. The van der Waals surface area contributed by atoms with Crippen molar-refractivity contribution in [1.82, 2.24) is 14.4 Å². The van der Waals surface area contributed by atoms with Crippen LogP contribution in [0.4, 0.5) is 5.82 Å². The summed E-state index contributed by atoms with van der Waals surface area (Å²) in [6.45, 7) is 2.09. The van der Waals surface area contributed by atoms with Crippen LogP contribution in [-0.4, -0.2) is 27.5 Å². The number of aromatic nitrogens is 3. The molecule has 2 aromatic heterocycles. The molecular weight excluding hydrogens is 279 g/mol. The van der Waals surface area contributed by atoms with Gasteiger partial charge in [0.05, 0.1) is 6.20 Å². The third kappa shape index (κ3) is 1.41. The van der Waals surface area contributed by atoms with Crippen LogP contribution < -0.4 is 4.90 Å². The first-order valence-electron chi connectivity index (χ1n) is 4.70. The van der Waals surface area contributed by atoms with Crippen LogP contribution in [0.15, 0.2) is 17.0 Å². The first-order chi connectivity index (χ1) is 7.25. The SMILES string of the molecule is Clc1cnc2c(N3CCC3)nc(Br)cn12. The highest BCUT2D eigenvalue weighted by Gasteiger charge is 2.20. The lowest BCUT2D eigenvalue weighted by Gasteiger charge is -2.32. The van der Waals surface area contributed by atoms with E-state index in [2.05, 4.69) is 30.8 Å². The van der Waals surface area contributed by atoms with Gasteiger partial charge in [-0.25, -0.2) is 9.97 Å². The van der Waals surface area contributed by atoms with Gasteiger partial charge in [0.25, 0.3) is 0 Å². The summed E-state index contributed by atoms with van der Waals surface area (Å²) in [5, 5.41) is 0.606. The normalized spacial score (nSPS) is 15.7. The molecule has 0 saturated carbocycles. The molecule has 1 aliphatic heterocycles. The molecule has 0 atom stereocenters. The predicted molar refractivity (Wildman–Crippen MR) is 62.5 cm³/mol. The monoisotopic (exact) mass is 286 g/mol. The molecule has 1 fully saturated rings. The van der Waals surface area contributed by atoms with Gasteiger partial charge >= 0.3 is 0 Å². The third-order valence-corrected chi connectivity index (χ3v) is 3.22. The molecule has 0 N–H and O–H groups in total. The highest BCUT2D eigenvalue weighted by Crippen LogP contribution is 2.27. The Morgan fingerprint density at radius 3 is 2.87 bits per heavy atom. The lowest BCUT2D eigenvalue weighted by molar-refractivity contribution is 0.609. The van der Waals surface area contributed by atoms with Crippen LogP contribution in [0.3, 0.4) is 0 Å². The highest BCUT2D eigenvalue weighted by molar-refractivity contribution is 9.10. The first kappa shape index (κ1) is 9.42. The number of rotatable bonds is 1. The Labute approximate surface area is 100 Å². The minimum Gasteiger partial charge on any atom is -0.353 e. The second-order valence-electron chi connectivity index (χ2n) is 3.50. The van der Waals surface area contributed by atoms with Crippen LogP contribution in [-0.2, 0) is 0 Å². The molecule has 0 aliphatic carbocycles. The molecule has 3 rings (SSSR count). The number of halogens is 2. The van der Waals surface area contributed by atoms with E-state index < -0.39 is 0 Å². The van der Waals surface area contributed by atoms with Crippen LogP contribution >= 0.6 is 27.5 Å². The van der Waals surface area contributed by atoms with Crippen molar-refractivity contribution in [1.29, 1.82) is 0 Å². The largest absolute Gasteiger partial charge is 0.353 e. The quantitative estimate of drug-likeness (QED) is 0.807. The van der Waals surface area contributed by atoms with E-state index in [0.717, 1.165) is 29.2 Å². The Morgan fingerprint density at radius 2 is 2.20 bits per heavy atom. The average molecular weight is 288 g/mol. The van der Waals surface area contributed by atoms with Crippen molar-refractivity contribution < 1.29 is 0 Å². The molecule has 1 saturated heterocycles. The van der Waals surface area contributed by atoms with Crippen molar-refractivity contribution in [2.45, 2.75) is 6.42 Å². The van der Waals surface area contributed by atoms with Gasteiger partial charge in [0.15, 0.2) is 11.5 Å². The van der Waals surface area contributed by atoms with E-state index in [-0.39, 0.29) is 0 Å². The smallest absolute Gasteiger partial charge is 0.181 e. The Hall–Kier alpha value is -0.810. The lowest BCUT2D eigenvalue weighted by atomic mass is 10.2. The van der Waals surface area contributed by atoms with Gasteiger partial charge in [-0.1, -0.05) is 11.6 Å². The number of hydrogen-bond donors (Lipinski definition) is 0.